The largest absolute Gasteiger partial charge is 0.382 e. The van der Waals surface area contributed by atoms with Crippen molar-refractivity contribution in [3.63, 3.8) is 0 Å². The van der Waals surface area contributed by atoms with Crippen LogP contribution in [0.15, 0.2) is 24.3 Å². The minimum Gasteiger partial charge on any atom is -0.382 e. The van der Waals surface area contributed by atoms with E-state index in [9.17, 15) is 14.4 Å². The molecule has 0 radical (unpaired) electrons. The highest BCUT2D eigenvalue weighted by Gasteiger charge is 2.48. The fourth-order valence-corrected chi connectivity index (χ4v) is 3.56. The Morgan fingerprint density at radius 2 is 2.16 bits per heavy atom. The number of benzene rings is 1. The van der Waals surface area contributed by atoms with Crippen LogP contribution < -0.4 is 10.6 Å². The number of imide groups is 1. The summed E-state index contributed by atoms with van der Waals surface area (Å²) in [6.45, 7) is 1.36. The van der Waals surface area contributed by atoms with E-state index in [1.54, 1.807) is 6.92 Å². The molecule has 2 aliphatic rings. The van der Waals surface area contributed by atoms with Crippen molar-refractivity contribution in [1.82, 2.24) is 15.5 Å². The Labute approximate surface area is 146 Å². The lowest BCUT2D eigenvalue weighted by Gasteiger charge is -2.27. The molecule has 1 heterocycles. The van der Waals surface area contributed by atoms with Crippen LogP contribution in [0.2, 0.25) is 0 Å². The molecule has 0 saturated carbocycles. The zero-order valence-electron chi connectivity index (χ0n) is 14.5. The maximum absolute atomic E-state index is 12.4. The lowest BCUT2D eigenvalue weighted by molar-refractivity contribution is -0.136. The van der Waals surface area contributed by atoms with Crippen LogP contribution in [0.5, 0.6) is 0 Å². The number of rotatable bonds is 5. The van der Waals surface area contributed by atoms with Crippen LogP contribution in [-0.4, -0.2) is 48.5 Å². The molecule has 3 rings (SSSR count). The van der Waals surface area contributed by atoms with E-state index in [1.807, 2.05) is 18.2 Å². The fraction of sp³-hybridized carbons (Fsp3) is 0.500. The normalized spacial score (nSPS) is 25.5. The molecule has 1 aromatic carbocycles. The van der Waals surface area contributed by atoms with Gasteiger partial charge in [-0.15, -0.1) is 0 Å². The van der Waals surface area contributed by atoms with E-state index in [0.717, 1.165) is 29.7 Å². The molecule has 25 heavy (non-hydrogen) atoms. The Balaban J connectivity index is 1.66. The van der Waals surface area contributed by atoms with Crippen molar-refractivity contribution in [2.24, 2.45) is 0 Å². The second-order valence-electron chi connectivity index (χ2n) is 6.80. The third-order valence-corrected chi connectivity index (χ3v) is 4.78. The van der Waals surface area contributed by atoms with Crippen LogP contribution in [-0.2, 0) is 20.7 Å². The van der Waals surface area contributed by atoms with Gasteiger partial charge in [-0.2, -0.15) is 0 Å². The van der Waals surface area contributed by atoms with Crippen molar-refractivity contribution in [1.29, 1.82) is 0 Å². The van der Waals surface area contributed by atoms with E-state index in [0.29, 0.717) is 0 Å². The van der Waals surface area contributed by atoms with E-state index in [2.05, 4.69) is 16.7 Å². The van der Waals surface area contributed by atoms with Gasteiger partial charge in [0, 0.05) is 7.11 Å². The quantitative estimate of drug-likeness (QED) is 0.784. The van der Waals surface area contributed by atoms with Gasteiger partial charge in [-0.3, -0.25) is 14.5 Å². The number of nitrogens with zero attached hydrogens (tertiary/aromatic N) is 1. The van der Waals surface area contributed by atoms with E-state index in [-0.39, 0.29) is 25.1 Å². The van der Waals surface area contributed by atoms with Crippen molar-refractivity contribution < 1.29 is 19.1 Å². The van der Waals surface area contributed by atoms with Gasteiger partial charge < -0.3 is 15.4 Å². The molecule has 0 spiro atoms. The topological polar surface area (TPSA) is 87.7 Å². The van der Waals surface area contributed by atoms with E-state index in [1.165, 1.54) is 12.7 Å². The van der Waals surface area contributed by atoms with Gasteiger partial charge in [0.05, 0.1) is 12.6 Å². The predicted molar refractivity (Wildman–Crippen MR) is 90.8 cm³/mol. The van der Waals surface area contributed by atoms with Gasteiger partial charge >= 0.3 is 6.03 Å². The summed E-state index contributed by atoms with van der Waals surface area (Å²) in [6, 6.07) is 7.39. The standard InChI is InChI=1S/C18H23N3O4/c1-18(11-25-2)16(23)21(17(24)20-18)10-15(22)19-14-9-5-7-12-6-3-4-8-13(12)14/h3-4,6,8,14H,5,7,9-11H2,1-2H3,(H,19,22)(H,20,24)/t14-,18-/m0/s1. The summed E-state index contributed by atoms with van der Waals surface area (Å²) < 4.78 is 5.00. The Kier molecular flexibility index (Phi) is 4.76. The minimum atomic E-state index is -1.12. The fourth-order valence-electron chi connectivity index (χ4n) is 3.56. The van der Waals surface area contributed by atoms with Gasteiger partial charge in [-0.05, 0) is 37.3 Å². The van der Waals surface area contributed by atoms with Crippen LogP contribution >= 0.6 is 0 Å². The maximum atomic E-state index is 12.4. The zero-order valence-corrected chi connectivity index (χ0v) is 14.5. The number of hydrogen-bond donors (Lipinski definition) is 2. The monoisotopic (exact) mass is 345 g/mol. The Morgan fingerprint density at radius 3 is 2.92 bits per heavy atom. The van der Waals surface area contributed by atoms with Crippen LogP contribution in [0.4, 0.5) is 4.79 Å². The lowest BCUT2D eigenvalue weighted by Crippen LogP contribution is -2.48. The van der Waals surface area contributed by atoms with Crippen molar-refractivity contribution in [2.45, 2.75) is 37.8 Å². The number of urea groups is 1. The maximum Gasteiger partial charge on any atom is 0.325 e. The molecule has 7 nitrogen and oxygen atoms in total. The third-order valence-electron chi connectivity index (χ3n) is 4.78. The Morgan fingerprint density at radius 1 is 1.40 bits per heavy atom. The molecule has 134 valence electrons. The van der Waals surface area contributed by atoms with Gasteiger partial charge in [0.2, 0.25) is 5.91 Å². The summed E-state index contributed by atoms with van der Waals surface area (Å²) in [4.78, 5) is 37.9. The third kappa shape index (κ3) is 3.37. The van der Waals surface area contributed by atoms with E-state index >= 15 is 0 Å². The number of amides is 4. The summed E-state index contributed by atoms with van der Waals surface area (Å²) in [5, 5.41) is 5.55. The summed E-state index contributed by atoms with van der Waals surface area (Å²) in [5.74, 6) is -0.787. The molecule has 1 saturated heterocycles. The van der Waals surface area contributed by atoms with Crippen LogP contribution in [0, 0.1) is 0 Å². The number of aryl methyl sites for hydroxylation is 1. The first kappa shape index (κ1) is 17.4. The molecule has 1 aliphatic heterocycles. The first-order valence-corrected chi connectivity index (χ1v) is 8.45. The zero-order chi connectivity index (χ0) is 18.0. The van der Waals surface area contributed by atoms with Gasteiger partial charge in [0.15, 0.2) is 0 Å². The molecule has 2 atom stereocenters. The van der Waals surface area contributed by atoms with Gasteiger partial charge in [0.1, 0.15) is 12.1 Å². The SMILES string of the molecule is COC[C@]1(C)NC(=O)N(CC(=O)N[C@H]2CCCc3ccccc32)C1=O. The van der Waals surface area contributed by atoms with Gasteiger partial charge in [0.25, 0.3) is 5.91 Å². The Bertz CT molecular complexity index is 705. The number of carbonyl (C=O) groups is 3. The molecule has 7 heteroatoms. The van der Waals surface area contributed by atoms with Crippen molar-refractivity contribution in [2.75, 3.05) is 20.3 Å². The average molecular weight is 345 g/mol. The number of methoxy groups -OCH3 is 1. The first-order valence-electron chi connectivity index (χ1n) is 8.45. The summed E-state index contributed by atoms with van der Waals surface area (Å²) >= 11 is 0. The second kappa shape index (κ2) is 6.84. The first-order chi connectivity index (χ1) is 11.9. The highest BCUT2D eigenvalue weighted by molar-refractivity contribution is 6.08. The van der Waals surface area contributed by atoms with Crippen LogP contribution in [0.3, 0.4) is 0 Å². The molecule has 0 bridgehead atoms. The number of nitrogens with one attached hydrogen (secondary N) is 2. The molecule has 1 aromatic rings. The molecule has 0 aromatic heterocycles. The minimum absolute atomic E-state index is 0.0612. The number of hydrogen-bond acceptors (Lipinski definition) is 4. The smallest absolute Gasteiger partial charge is 0.325 e. The summed E-state index contributed by atoms with van der Waals surface area (Å²) in [7, 11) is 1.46. The van der Waals surface area contributed by atoms with E-state index < -0.39 is 17.5 Å². The molecular formula is C18H23N3O4. The molecular weight excluding hydrogens is 322 g/mol. The van der Waals surface area contributed by atoms with Crippen LogP contribution in [0.1, 0.15) is 36.9 Å². The molecule has 1 fully saturated rings. The summed E-state index contributed by atoms with van der Waals surface area (Å²) in [5.41, 5.74) is 1.23. The predicted octanol–water partition coefficient (Wildman–Crippen LogP) is 1.14. The van der Waals surface area contributed by atoms with Crippen LogP contribution in [0.25, 0.3) is 0 Å². The second-order valence-corrected chi connectivity index (χ2v) is 6.80. The molecule has 0 unspecified atom stereocenters. The highest BCUT2D eigenvalue weighted by Crippen LogP contribution is 2.29. The van der Waals surface area contributed by atoms with E-state index in [4.69, 9.17) is 4.74 Å². The number of fused-ring (bicyclic) bond motifs is 1. The average Bonchev–Trinajstić information content (AvgIpc) is 2.79. The molecule has 4 amide bonds. The molecule has 1 aliphatic carbocycles. The van der Waals surface area contributed by atoms with Gasteiger partial charge in [-0.1, -0.05) is 24.3 Å². The van der Waals surface area contributed by atoms with Crippen molar-refractivity contribution in [3.05, 3.63) is 35.4 Å². The van der Waals surface area contributed by atoms with Crippen molar-refractivity contribution >= 4 is 17.8 Å². The van der Waals surface area contributed by atoms with Gasteiger partial charge in [-0.25, -0.2) is 4.79 Å². The Hall–Kier alpha value is -2.41. The summed E-state index contributed by atoms with van der Waals surface area (Å²) in [6.07, 6.45) is 2.85. The van der Waals surface area contributed by atoms with Crippen molar-refractivity contribution in [3.8, 4) is 0 Å². The molecule has 2 N–H and O–H groups in total. The lowest BCUT2D eigenvalue weighted by atomic mass is 9.88. The number of ether oxygens (including phenoxy) is 1. The number of carbonyl (C=O) groups excluding carboxylic acids is 3. The highest BCUT2D eigenvalue weighted by atomic mass is 16.5.